The normalized spacial score (nSPS) is 22.4. The van der Waals surface area contributed by atoms with Crippen molar-refractivity contribution in [3.05, 3.63) is 0 Å². The molecule has 0 saturated heterocycles. The van der Waals surface area contributed by atoms with Crippen LogP contribution in [0.3, 0.4) is 0 Å². The molecule has 1 aliphatic carbocycles. The Bertz CT molecular complexity index is 309. The first kappa shape index (κ1) is 13.9. The molecule has 1 saturated carbocycles. The number of rotatable bonds is 5. The first-order valence-electron chi connectivity index (χ1n) is 6.28. The Balaban J connectivity index is 2.45. The van der Waals surface area contributed by atoms with E-state index < -0.39 is 12.0 Å². The van der Waals surface area contributed by atoms with Crippen LogP contribution in [0.2, 0.25) is 0 Å². The maximum atomic E-state index is 11.6. The summed E-state index contributed by atoms with van der Waals surface area (Å²) in [5, 5.41) is 0. The third-order valence-corrected chi connectivity index (χ3v) is 3.13. The van der Waals surface area contributed by atoms with Gasteiger partial charge < -0.3 is 4.74 Å². The molecule has 4 heteroatoms. The van der Waals surface area contributed by atoms with Gasteiger partial charge in [-0.2, -0.15) is 0 Å². The van der Waals surface area contributed by atoms with Gasteiger partial charge in [-0.15, -0.1) is 0 Å². The summed E-state index contributed by atoms with van der Waals surface area (Å²) in [6.45, 7) is 3.70. The fraction of sp³-hybridized carbons (Fsp3) is 0.769. The largest absolute Gasteiger partial charge is 0.462 e. The van der Waals surface area contributed by atoms with E-state index in [0.29, 0.717) is 19.3 Å². The van der Waals surface area contributed by atoms with E-state index in [-0.39, 0.29) is 24.0 Å². The first-order chi connectivity index (χ1) is 8.04. The minimum Gasteiger partial charge on any atom is -0.462 e. The van der Waals surface area contributed by atoms with Gasteiger partial charge in [0.1, 0.15) is 17.7 Å². The summed E-state index contributed by atoms with van der Waals surface area (Å²) in [5.41, 5.74) is 0. The zero-order valence-electron chi connectivity index (χ0n) is 10.5. The minimum absolute atomic E-state index is 0.0420. The number of ether oxygens (including phenoxy) is 1. The Morgan fingerprint density at radius 3 is 2.76 bits per heavy atom. The Hall–Kier alpha value is -1.19. The van der Waals surface area contributed by atoms with Crippen molar-refractivity contribution < 1.29 is 19.1 Å². The number of Topliss-reactive ketones (excluding diaryl/α,β-unsaturated/α-hetero) is 2. The lowest BCUT2D eigenvalue weighted by Gasteiger charge is -2.25. The van der Waals surface area contributed by atoms with Gasteiger partial charge >= 0.3 is 5.97 Å². The molecule has 1 aliphatic rings. The summed E-state index contributed by atoms with van der Waals surface area (Å²) in [6.07, 6.45) is 2.49. The smallest absolute Gasteiger partial charge is 0.306 e. The van der Waals surface area contributed by atoms with Crippen molar-refractivity contribution in [3.63, 3.8) is 0 Å². The highest BCUT2D eigenvalue weighted by Crippen LogP contribution is 2.23. The number of hydrogen-bond donors (Lipinski definition) is 0. The molecule has 0 bridgehead atoms. The van der Waals surface area contributed by atoms with Gasteiger partial charge in [0.25, 0.3) is 0 Å². The first-order valence-corrected chi connectivity index (χ1v) is 6.28. The summed E-state index contributed by atoms with van der Waals surface area (Å²) in [4.78, 5) is 34.3. The molecule has 0 aliphatic heterocycles. The fourth-order valence-electron chi connectivity index (χ4n) is 2.01. The van der Waals surface area contributed by atoms with Crippen LogP contribution in [-0.4, -0.2) is 23.6 Å². The lowest BCUT2D eigenvalue weighted by atomic mass is 9.84. The van der Waals surface area contributed by atoms with E-state index in [2.05, 4.69) is 0 Å². The van der Waals surface area contributed by atoms with Gasteiger partial charge in [0, 0.05) is 25.7 Å². The number of ketones is 2. The second kappa shape index (κ2) is 6.52. The topological polar surface area (TPSA) is 60.4 Å². The average Bonchev–Trinajstić information content (AvgIpc) is 2.29. The molecule has 0 aromatic heterocycles. The number of hydrogen-bond acceptors (Lipinski definition) is 4. The predicted molar refractivity (Wildman–Crippen MR) is 62.4 cm³/mol. The highest BCUT2D eigenvalue weighted by Gasteiger charge is 2.33. The van der Waals surface area contributed by atoms with Crippen LogP contribution in [0, 0.1) is 5.92 Å². The third kappa shape index (κ3) is 4.29. The number of esters is 1. The Morgan fingerprint density at radius 1 is 1.41 bits per heavy atom. The van der Waals surface area contributed by atoms with E-state index in [9.17, 15) is 14.4 Å². The van der Waals surface area contributed by atoms with E-state index in [4.69, 9.17) is 4.74 Å². The number of carbonyl (C=O) groups excluding carboxylic acids is 3. The molecule has 17 heavy (non-hydrogen) atoms. The molecule has 2 unspecified atom stereocenters. The maximum absolute atomic E-state index is 11.6. The average molecular weight is 240 g/mol. The summed E-state index contributed by atoms with van der Waals surface area (Å²) < 4.78 is 5.20. The van der Waals surface area contributed by atoms with Crippen LogP contribution in [-0.2, 0) is 19.1 Å². The molecule has 1 fully saturated rings. The molecule has 0 radical (unpaired) electrons. The quantitative estimate of drug-likeness (QED) is 0.690. The number of carbonyl (C=O) groups is 3. The van der Waals surface area contributed by atoms with Gasteiger partial charge in [-0.05, 0) is 13.3 Å². The Morgan fingerprint density at radius 2 is 2.12 bits per heavy atom. The van der Waals surface area contributed by atoms with Gasteiger partial charge in [-0.3, -0.25) is 14.4 Å². The molecule has 0 amide bonds. The van der Waals surface area contributed by atoms with Crippen molar-refractivity contribution in [1.82, 2.24) is 0 Å². The second-order valence-corrected chi connectivity index (χ2v) is 4.61. The van der Waals surface area contributed by atoms with Crippen LogP contribution in [0.15, 0.2) is 0 Å². The Kier molecular flexibility index (Phi) is 5.32. The van der Waals surface area contributed by atoms with Crippen LogP contribution in [0.5, 0.6) is 0 Å². The van der Waals surface area contributed by atoms with Crippen LogP contribution in [0.25, 0.3) is 0 Å². The van der Waals surface area contributed by atoms with Crippen LogP contribution >= 0.6 is 0 Å². The minimum atomic E-state index is -0.476. The molecule has 2 atom stereocenters. The SMILES string of the molecule is CCCCC(=O)OC(C)C1CC(=O)CCC1=O. The van der Waals surface area contributed by atoms with Crippen molar-refractivity contribution in [2.24, 2.45) is 5.92 Å². The number of unbranched alkanes of at least 4 members (excludes halogenated alkanes) is 1. The summed E-state index contributed by atoms with van der Waals surface area (Å²) in [5.74, 6) is -0.571. The zero-order valence-corrected chi connectivity index (χ0v) is 10.5. The van der Waals surface area contributed by atoms with Crippen LogP contribution < -0.4 is 0 Å². The summed E-state index contributed by atoms with van der Waals surface area (Å²) in [6, 6.07) is 0. The van der Waals surface area contributed by atoms with Gasteiger partial charge in [-0.1, -0.05) is 13.3 Å². The van der Waals surface area contributed by atoms with Crippen molar-refractivity contribution in [2.75, 3.05) is 0 Å². The fourth-order valence-corrected chi connectivity index (χ4v) is 2.01. The molecular formula is C13H20O4. The van der Waals surface area contributed by atoms with Gasteiger partial charge in [0.2, 0.25) is 0 Å². The lowest BCUT2D eigenvalue weighted by Crippen LogP contribution is -2.35. The predicted octanol–water partition coefficient (Wildman–Crippen LogP) is 2.05. The molecule has 0 aromatic carbocycles. The van der Waals surface area contributed by atoms with Gasteiger partial charge in [0.15, 0.2) is 0 Å². The van der Waals surface area contributed by atoms with E-state index in [0.717, 1.165) is 12.8 Å². The summed E-state index contributed by atoms with van der Waals surface area (Å²) >= 11 is 0. The van der Waals surface area contributed by atoms with E-state index in [1.54, 1.807) is 6.92 Å². The van der Waals surface area contributed by atoms with Crippen LogP contribution in [0.4, 0.5) is 0 Å². The van der Waals surface area contributed by atoms with Crippen molar-refractivity contribution in [1.29, 1.82) is 0 Å². The molecule has 0 heterocycles. The molecule has 1 rings (SSSR count). The standard InChI is InChI=1S/C13H20O4/c1-3-4-5-13(16)17-9(2)11-8-10(14)6-7-12(11)15/h9,11H,3-8H2,1-2H3. The molecule has 0 aromatic rings. The lowest BCUT2D eigenvalue weighted by molar-refractivity contribution is -0.155. The van der Waals surface area contributed by atoms with E-state index >= 15 is 0 Å². The molecule has 4 nitrogen and oxygen atoms in total. The van der Waals surface area contributed by atoms with Gasteiger partial charge in [0.05, 0.1) is 5.92 Å². The van der Waals surface area contributed by atoms with Crippen molar-refractivity contribution in [3.8, 4) is 0 Å². The summed E-state index contributed by atoms with van der Waals surface area (Å²) in [7, 11) is 0. The highest BCUT2D eigenvalue weighted by atomic mass is 16.5. The van der Waals surface area contributed by atoms with E-state index in [1.807, 2.05) is 6.92 Å². The third-order valence-electron chi connectivity index (χ3n) is 3.13. The maximum Gasteiger partial charge on any atom is 0.306 e. The molecular weight excluding hydrogens is 220 g/mol. The molecule has 0 N–H and O–H groups in total. The van der Waals surface area contributed by atoms with E-state index in [1.165, 1.54) is 0 Å². The van der Waals surface area contributed by atoms with Gasteiger partial charge in [-0.25, -0.2) is 0 Å². The second-order valence-electron chi connectivity index (χ2n) is 4.61. The highest BCUT2D eigenvalue weighted by molar-refractivity contribution is 5.95. The molecule has 96 valence electrons. The van der Waals surface area contributed by atoms with Crippen molar-refractivity contribution >= 4 is 17.5 Å². The molecule has 0 spiro atoms. The van der Waals surface area contributed by atoms with Crippen LogP contribution in [0.1, 0.15) is 52.4 Å². The monoisotopic (exact) mass is 240 g/mol. The zero-order chi connectivity index (χ0) is 12.8. The van der Waals surface area contributed by atoms with Crippen molar-refractivity contribution in [2.45, 2.75) is 58.5 Å². The Labute approximate surface area is 102 Å².